The molecule has 1 atom stereocenters. The van der Waals surface area contributed by atoms with E-state index in [0.29, 0.717) is 25.2 Å². The van der Waals surface area contributed by atoms with Crippen LogP contribution in [0.1, 0.15) is 25.1 Å². The maximum atomic E-state index is 11.5. The highest BCUT2D eigenvalue weighted by molar-refractivity contribution is 5.21. The highest BCUT2D eigenvalue weighted by Gasteiger charge is 2.14. The number of hydrogen-bond acceptors (Lipinski definition) is 5. The van der Waals surface area contributed by atoms with Crippen LogP contribution in [0.2, 0.25) is 0 Å². The van der Waals surface area contributed by atoms with Gasteiger partial charge in [-0.05, 0) is 13.5 Å². The van der Waals surface area contributed by atoms with Crippen molar-refractivity contribution in [1.82, 2.24) is 9.47 Å². The summed E-state index contributed by atoms with van der Waals surface area (Å²) in [6.45, 7) is 2.86. The number of aromatic hydroxyl groups is 1. The number of rotatable bonds is 7. The van der Waals surface area contributed by atoms with E-state index in [1.807, 2.05) is 18.9 Å². The van der Waals surface area contributed by atoms with Crippen molar-refractivity contribution < 1.29 is 15.3 Å². The first-order chi connectivity index (χ1) is 9.03. The van der Waals surface area contributed by atoms with Gasteiger partial charge in [0.1, 0.15) is 0 Å². The zero-order chi connectivity index (χ0) is 14.4. The number of aromatic nitrogens is 1. The van der Waals surface area contributed by atoms with Crippen molar-refractivity contribution in [1.29, 1.82) is 0 Å². The first kappa shape index (κ1) is 15.7. The number of likely N-dealkylation sites (N-methyl/N-ethyl adjacent to an activating group) is 1. The number of hydrogen-bond donors (Lipinski definition) is 3. The van der Waals surface area contributed by atoms with E-state index in [9.17, 15) is 15.0 Å². The third kappa shape index (κ3) is 4.05. The van der Waals surface area contributed by atoms with Gasteiger partial charge in [-0.2, -0.15) is 0 Å². The summed E-state index contributed by atoms with van der Waals surface area (Å²) >= 11 is 0. The minimum absolute atomic E-state index is 0.0377. The number of pyridine rings is 1. The summed E-state index contributed by atoms with van der Waals surface area (Å²) in [5, 5.41) is 27.8. The standard InChI is InChI=1S/C13H22N2O4/c1-3-10(9-17)15-8-13(19)12(18)6-11(15)7-14(2)4-5-16/h6,8,10,16-17,19H,3-5,7,9H2,1-2H3. The normalized spacial score (nSPS) is 12.9. The number of nitrogens with zero attached hydrogens (tertiary/aromatic N) is 2. The Kier molecular flexibility index (Phi) is 6.01. The van der Waals surface area contributed by atoms with Gasteiger partial charge >= 0.3 is 0 Å². The van der Waals surface area contributed by atoms with E-state index < -0.39 is 5.43 Å². The highest BCUT2D eigenvalue weighted by atomic mass is 16.3. The van der Waals surface area contributed by atoms with Gasteiger partial charge in [0, 0.05) is 24.8 Å². The molecule has 1 aromatic rings. The predicted octanol–water partition coefficient (Wildman–Crippen LogP) is -0.0786. The number of aliphatic hydroxyl groups excluding tert-OH is 2. The SMILES string of the molecule is CCC(CO)n1cc(O)c(=O)cc1CN(C)CCO. The molecule has 0 fully saturated rings. The fourth-order valence-corrected chi connectivity index (χ4v) is 1.99. The van der Waals surface area contributed by atoms with E-state index in [-0.39, 0.29) is 25.0 Å². The van der Waals surface area contributed by atoms with E-state index in [1.54, 1.807) is 4.57 Å². The van der Waals surface area contributed by atoms with Crippen LogP contribution in [0.5, 0.6) is 5.75 Å². The topological polar surface area (TPSA) is 85.9 Å². The summed E-state index contributed by atoms with van der Waals surface area (Å²) in [6, 6.07) is 1.20. The van der Waals surface area contributed by atoms with Crippen LogP contribution in [-0.4, -0.2) is 51.6 Å². The van der Waals surface area contributed by atoms with Gasteiger partial charge in [0.05, 0.1) is 25.5 Å². The Morgan fingerprint density at radius 1 is 1.42 bits per heavy atom. The largest absolute Gasteiger partial charge is 0.503 e. The minimum atomic E-state index is -0.434. The van der Waals surface area contributed by atoms with Crippen LogP contribution in [0.15, 0.2) is 17.1 Å². The van der Waals surface area contributed by atoms with Crippen molar-refractivity contribution in [3.63, 3.8) is 0 Å². The summed E-state index contributed by atoms with van der Waals surface area (Å²) in [7, 11) is 1.83. The average molecular weight is 270 g/mol. The zero-order valence-electron chi connectivity index (χ0n) is 11.4. The average Bonchev–Trinajstić information content (AvgIpc) is 2.36. The van der Waals surface area contributed by atoms with Gasteiger partial charge in [0.15, 0.2) is 5.75 Å². The van der Waals surface area contributed by atoms with E-state index >= 15 is 0 Å². The van der Waals surface area contributed by atoms with Crippen molar-refractivity contribution in [3.8, 4) is 5.75 Å². The maximum absolute atomic E-state index is 11.5. The lowest BCUT2D eigenvalue weighted by atomic mass is 10.2. The van der Waals surface area contributed by atoms with E-state index in [1.165, 1.54) is 12.3 Å². The minimum Gasteiger partial charge on any atom is -0.503 e. The fourth-order valence-electron chi connectivity index (χ4n) is 1.99. The summed E-state index contributed by atoms with van der Waals surface area (Å²) in [4.78, 5) is 13.4. The summed E-state index contributed by atoms with van der Waals surface area (Å²) in [5.41, 5.74) is 0.274. The highest BCUT2D eigenvalue weighted by Crippen LogP contribution is 2.17. The lowest BCUT2D eigenvalue weighted by Crippen LogP contribution is -2.27. The summed E-state index contributed by atoms with van der Waals surface area (Å²) in [6.07, 6.45) is 2.06. The summed E-state index contributed by atoms with van der Waals surface area (Å²) < 4.78 is 1.73. The Bertz CT molecular complexity index is 454. The Morgan fingerprint density at radius 2 is 2.11 bits per heavy atom. The van der Waals surface area contributed by atoms with Crippen LogP contribution in [-0.2, 0) is 6.54 Å². The van der Waals surface area contributed by atoms with Crippen molar-refractivity contribution in [2.45, 2.75) is 25.9 Å². The first-order valence-corrected chi connectivity index (χ1v) is 6.37. The molecule has 0 saturated heterocycles. The summed E-state index contributed by atoms with van der Waals surface area (Å²) in [5.74, 6) is -0.319. The molecule has 0 aliphatic heterocycles. The second-order valence-corrected chi connectivity index (χ2v) is 4.63. The molecule has 0 bridgehead atoms. The van der Waals surface area contributed by atoms with E-state index in [2.05, 4.69) is 0 Å². The molecule has 6 heteroatoms. The fraction of sp³-hybridized carbons (Fsp3) is 0.615. The quantitative estimate of drug-likeness (QED) is 0.645. The van der Waals surface area contributed by atoms with Crippen LogP contribution in [0.3, 0.4) is 0 Å². The second-order valence-electron chi connectivity index (χ2n) is 4.63. The Balaban J connectivity index is 3.12. The lowest BCUT2D eigenvalue weighted by molar-refractivity contribution is 0.200. The Labute approximate surface area is 112 Å². The van der Waals surface area contributed by atoms with Gasteiger partial charge in [0.2, 0.25) is 5.43 Å². The van der Waals surface area contributed by atoms with Gasteiger partial charge in [-0.15, -0.1) is 0 Å². The molecule has 0 aliphatic rings. The first-order valence-electron chi connectivity index (χ1n) is 6.37. The van der Waals surface area contributed by atoms with E-state index in [0.717, 1.165) is 0 Å². The molecule has 108 valence electrons. The van der Waals surface area contributed by atoms with Gasteiger partial charge < -0.3 is 19.9 Å². The molecule has 3 N–H and O–H groups in total. The molecule has 0 aromatic carbocycles. The second kappa shape index (κ2) is 7.28. The molecular weight excluding hydrogens is 248 g/mol. The van der Waals surface area contributed by atoms with Gasteiger partial charge in [-0.1, -0.05) is 6.92 Å². The van der Waals surface area contributed by atoms with Crippen LogP contribution in [0.4, 0.5) is 0 Å². The third-order valence-electron chi connectivity index (χ3n) is 3.13. The molecule has 19 heavy (non-hydrogen) atoms. The predicted molar refractivity (Wildman–Crippen MR) is 72.2 cm³/mol. The van der Waals surface area contributed by atoms with Gasteiger partial charge in [-0.3, -0.25) is 9.69 Å². The van der Waals surface area contributed by atoms with Crippen LogP contribution >= 0.6 is 0 Å². The van der Waals surface area contributed by atoms with Crippen LogP contribution in [0.25, 0.3) is 0 Å². The van der Waals surface area contributed by atoms with Gasteiger partial charge in [-0.25, -0.2) is 0 Å². The molecule has 6 nitrogen and oxygen atoms in total. The monoisotopic (exact) mass is 270 g/mol. The molecule has 0 aliphatic carbocycles. The molecule has 1 aromatic heterocycles. The third-order valence-corrected chi connectivity index (χ3v) is 3.13. The Morgan fingerprint density at radius 3 is 2.63 bits per heavy atom. The molecule has 0 radical (unpaired) electrons. The van der Waals surface area contributed by atoms with Gasteiger partial charge in [0.25, 0.3) is 0 Å². The molecule has 1 heterocycles. The molecule has 0 spiro atoms. The zero-order valence-corrected chi connectivity index (χ0v) is 11.4. The van der Waals surface area contributed by atoms with Crippen molar-refractivity contribution in [2.75, 3.05) is 26.8 Å². The van der Waals surface area contributed by atoms with E-state index in [4.69, 9.17) is 5.11 Å². The molecule has 0 amide bonds. The maximum Gasteiger partial charge on any atom is 0.223 e. The Hall–Kier alpha value is -1.37. The van der Waals surface area contributed by atoms with Crippen molar-refractivity contribution in [3.05, 3.63) is 28.2 Å². The van der Waals surface area contributed by atoms with Crippen LogP contribution < -0.4 is 5.43 Å². The smallest absolute Gasteiger partial charge is 0.223 e. The van der Waals surface area contributed by atoms with Crippen LogP contribution in [0, 0.1) is 0 Å². The molecule has 1 rings (SSSR count). The molecule has 1 unspecified atom stereocenters. The molecule has 0 saturated carbocycles. The van der Waals surface area contributed by atoms with Crippen molar-refractivity contribution in [2.24, 2.45) is 0 Å². The van der Waals surface area contributed by atoms with Crippen molar-refractivity contribution >= 4 is 0 Å². The lowest BCUT2D eigenvalue weighted by Gasteiger charge is -2.24. The molecular formula is C13H22N2O4. The number of aliphatic hydroxyl groups is 2.